The third-order valence-electron chi connectivity index (χ3n) is 1.56. The molecular weight excluding hydrogens is 270 g/mol. The summed E-state index contributed by atoms with van der Waals surface area (Å²) < 4.78 is 25.8. The third kappa shape index (κ3) is 2.99. The summed E-state index contributed by atoms with van der Waals surface area (Å²) in [6.07, 6.45) is 0. The van der Waals surface area contributed by atoms with E-state index in [0.717, 1.165) is 6.07 Å². The molecule has 0 saturated carbocycles. The maximum Gasteiger partial charge on any atom is 0.338 e. The van der Waals surface area contributed by atoms with Crippen LogP contribution in [0.25, 0.3) is 0 Å². The normalized spacial score (nSPS) is 9.20. The Labute approximate surface area is 95.1 Å². The molecule has 0 atom stereocenters. The number of benzene rings is 1. The van der Waals surface area contributed by atoms with E-state index < -0.39 is 23.2 Å². The second-order valence-corrected chi connectivity index (χ2v) is 3.28. The van der Waals surface area contributed by atoms with Crippen LogP contribution in [0.3, 0.4) is 0 Å². The summed E-state index contributed by atoms with van der Waals surface area (Å²) in [4.78, 5) is 10.4. The minimum absolute atomic E-state index is 0.0463. The standard InChI is InChI=1S/C8H5BrF2O2.C2H6/c1-3-2-4(8(12)13)6(10)7(11)5(3)9;1-2/h2H,1H3,(H,12,13);1-2H3. The Morgan fingerprint density at radius 1 is 1.33 bits per heavy atom. The van der Waals surface area contributed by atoms with E-state index >= 15 is 0 Å². The van der Waals surface area contributed by atoms with Crippen molar-refractivity contribution in [2.75, 3.05) is 0 Å². The number of hydrogen-bond donors (Lipinski definition) is 1. The van der Waals surface area contributed by atoms with Gasteiger partial charge >= 0.3 is 5.97 Å². The summed E-state index contributed by atoms with van der Waals surface area (Å²) in [5.41, 5.74) is -0.311. The average molecular weight is 281 g/mol. The van der Waals surface area contributed by atoms with Gasteiger partial charge in [-0.05, 0) is 34.5 Å². The first-order chi connectivity index (χ1) is 6.95. The second kappa shape index (κ2) is 5.80. The largest absolute Gasteiger partial charge is 0.478 e. The van der Waals surface area contributed by atoms with Crippen molar-refractivity contribution in [2.24, 2.45) is 0 Å². The van der Waals surface area contributed by atoms with Gasteiger partial charge in [0, 0.05) is 0 Å². The molecular formula is C10H11BrF2O2. The highest BCUT2D eigenvalue weighted by Crippen LogP contribution is 2.25. The lowest BCUT2D eigenvalue weighted by atomic mass is 10.1. The van der Waals surface area contributed by atoms with E-state index in [1.54, 1.807) is 0 Å². The van der Waals surface area contributed by atoms with E-state index in [9.17, 15) is 13.6 Å². The summed E-state index contributed by atoms with van der Waals surface area (Å²) in [6, 6.07) is 1.07. The van der Waals surface area contributed by atoms with Crippen molar-refractivity contribution in [1.29, 1.82) is 0 Å². The van der Waals surface area contributed by atoms with Crippen LogP contribution in [-0.2, 0) is 0 Å². The van der Waals surface area contributed by atoms with E-state index in [-0.39, 0.29) is 4.47 Å². The van der Waals surface area contributed by atoms with Gasteiger partial charge < -0.3 is 5.11 Å². The first-order valence-corrected chi connectivity index (χ1v) is 5.12. The van der Waals surface area contributed by atoms with E-state index in [1.807, 2.05) is 13.8 Å². The van der Waals surface area contributed by atoms with Crippen LogP contribution in [0, 0.1) is 18.6 Å². The fraction of sp³-hybridized carbons (Fsp3) is 0.300. The Balaban J connectivity index is 0.000000921. The third-order valence-corrected chi connectivity index (χ3v) is 2.53. The molecule has 0 saturated heterocycles. The maximum absolute atomic E-state index is 12.9. The van der Waals surface area contributed by atoms with Crippen molar-refractivity contribution in [2.45, 2.75) is 20.8 Å². The van der Waals surface area contributed by atoms with E-state index in [1.165, 1.54) is 6.92 Å². The Hall–Kier alpha value is -0.970. The number of carboxylic acid groups (broad SMARTS) is 1. The number of carbonyl (C=O) groups is 1. The van der Waals surface area contributed by atoms with Crippen molar-refractivity contribution >= 4 is 21.9 Å². The summed E-state index contributed by atoms with van der Waals surface area (Å²) in [5, 5.41) is 8.48. The van der Waals surface area contributed by atoms with Crippen LogP contribution >= 0.6 is 15.9 Å². The van der Waals surface area contributed by atoms with Crippen LogP contribution in [0.4, 0.5) is 8.78 Å². The predicted molar refractivity (Wildman–Crippen MR) is 57.1 cm³/mol. The highest BCUT2D eigenvalue weighted by Gasteiger charge is 2.18. The minimum Gasteiger partial charge on any atom is -0.478 e. The average Bonchev–Trinajstić information content (AvgIpc) is 2.23. The number of carboxylic acids is 1. The van der Waals surface area contributed by atoms with Crippen LogP contribution in [0.1, 0.15) is 29.8 Å². The molecule has 0 spiro atoms. The van der Waals surface area contributed by atoms with Gasteiger partial charge in [0.1, 0.15) is 0 Å². The number of rotatable bonds is 1. The first kappa shape index (κ1) is 14.0. The van der Waals surface area contributed by atoms with Crippen LogP contribution in [-0.4, -0.2) is 11.1 Å². The predicted octanol–water partition coefficient (Wildman–Crippen LogP) is 3.76. The van der Waals surface area contributed by atoms with Gasteiger partial charge in [-0.1, -0.05) is 13.8 Å². The molecule has 0 aliphatic rings. The first-order valence-electron chi connectivity index (χ1n) is 4.32. The molecule has 2 nitrogen and oxygen atoms in total. The zero-order valence-corrected chi connectivity index (χ0v) is 10.2. The summed E-state index contributed by atoms with van der Waals surface area (Å²) in [7, 11) is 0. The van der Waals surface area contributed by atoms with E-state index in [4.69, 9.17) is 5.11 Å². The smallest absolute Gasteiger partial charge is 0.338 e. The summed E-state index contributed by atoms with van der Waals surface area (Å²) in [6.45, 7) is 5.49. The molecule has 0 unspecified atom stereocenters. The Morgan fingerprint density at radius 2 is 1.80 bits per heavy atom. The molecule has 0 radical (unpaired) electrons. The van der Waals surface area contributed by atoms with Gasteiger partial charge in [0.25, 0.3) is 0 Å². The topological polar surface area (TPSA) is 37.3 Å². The zero-order chi connectivity index (χ0) is 12.2. The molecule has 0 aliphatic carbocycles. The molecule has 1 rings (SSSR count). The van der Waals surface area contributed by atoms with Gasteiger partial charge in [-0.2, -0.15) is 0 Å². The van der Waals surface area contributed by atoms with Gasteiger partial charge in [-0.3, -0.25) is 0 Å². The summed E-state index contributed by atoms with van der Waals surface area (Å²) >= 11 is 2.81. The fourth-order valence-electron chi connectivity index (χ4n) is 0.887. The van der Waals surface area contributed by atoms with Crippen LogP contribution in [0.5, 0.6) is 0 Å². The monoisotopic (exact) mass is 280 g/mol. The summed E-state index contributed by atoms with van der Waals surface area (Å²) in [5.74, 6) is -3.99. The maximum atomic E-state index is 12.9. The van der Waals surface area contributed by atoms with E-state index in [2.05, 4.69) is 15.9 Å². The molecule has 0 amide bonds. The molecule has 1 N–H and O–H groups in total. The fourth-order valence-corrected chi connectivity index (χ4v) is 1.18. The number of hydrogen-bond acceptors (Lipinski definition) is 1. The Morgan fingerprint density at radius 3 is 2.20 bits per heavy atom. The van der Waals surface area contributed by atoms with Crippen LogP contribution in [0.2, 0.25) is 0 Å². The van der Waals surface area contributed by atoms with Gasteiger partial charge in [-0.15, -0.1) is 0 Å². The van der Waals surface area contributed by atoms with Gasteiger partial charge in [0.05, 0.1) is 10.0 Å². The van der Waals surface area contributed by atoms with Crippen LogP contribution < -0.4 is 0 Å². The molecule has 1 aromatic carbocycles. The Bertz CT molecular complexity index is 378. The highest BCUT2D eigenvalue weighted by atomic mass is 79.9. The van der Waals surface area contributed by atoms with Crippen molar-refractivity contribution in [3.05, 3.63) is 33.3 Å². The molecule has 5 heteroatoms. The SMILES string of the molecule is CC.Cc1cc(C(=O)O)c(F)c(F)c1Br. The minimum atomic E-state index is -1.48. The van der Waals surface area contributed by atoms with Crippen molar-refractivity contribution in [3.8, 4) is 0 Å². The second-order valence-electron chi connectivity index (χ2n) is 2.49. The van der Waals surface area contributed by atoms with Gasteiger partial charge in [0.2, 0.25) is 0 Å². The van der Waals surface area contributed by atoms with Crippen molar-refractivity contribution < 1.29 is 18.7 Å². The molecule has 0 fully saturated rings. The van der Waals surface area contributed by atoms with Crippen molar-refractivity contribution in [3.63, 3.8) is 0 Å². The van der Waals surface area contributed by atoms with Gasteiger partial charge in [0.15, 0.2) is 11.6 Å². The zero-order valence-electron chi connectivity index (χ0n) is 8.57. The molecule has 1 aromatic rings. The number of aryl methyl sites for hydroxylation is 1. The van der Waals surface area contributed by atoms with Crippen LogP contribution in [0.15, 0.2) is 10.5 Å². The molecule has 0 bridgehead atoms. The van der Waals surface area contributed by atoms with E-state index in [0.29, 0.717) is 5.56 Å². The quantitative estimate of drug-likeness (QED) is 0.796. The molecule has 0 heterocycles. The van der Waals surface area contributed by atoms with Crippen molar-refractivity contribution in [1.82, 2.24) is 0 Å². The lowest BCUT2D eigenvalue weighted by molar-refractivity contribution is 0.0690. The number of aromatic carboxylic acids is 1. The molecule has 0 aliphatic heterocycles. The number of halogens is 3. The molecule has 0 aromatic heterocycles. The Kier molecular flexibility index (Phi) is 5.43. The molecule has 15 heavy (non-hydrogen) atoms. The lowest BCUT2D eigenvalue weighted by Gasteiger charge is -2.03. The highest BCUT2D eigenvalue weighted by molar-refractivity contribution is 9.10. The van der Waals surface area contributed by atoms with Gasteiger partial charge in [-0.25, -0.2) is 13.6 Å². The lowest BCUT2D eigenvalue weighted by Crippen LogP contribution is -2.04. The molecule has 84 valence electrons.